The van der Waals surface area contributed by atoms with Gasteiger partial charge in [0.2, 0.25) is 17.7 Å². The van der Waals surface area contributed by atoms with Crippen LogP contribution >= 0.6 is 0 Å². The maximum Gasteiger partial charge on any atom is 0.235 e. The normalized spacial score (nSPS) is 24.3. The number of methoxy groups -OCH3 is 1. The number of hydrogen-bond donors (Lipinski definition) is 0. The fourth-order valence-corrected chi connectivity index (χ4v) is 3.17. The van der Waals surface area contributed by atoms with Gasteiger partial charge in [0, 0.05) is 12.5 Å². The molecule has 0 aromatic carbocycles. The highest BCUT2D eigenvalue weighted by atomic mass is 16.5. The summed E-state index contributed by atoms with van der Waals surface area (Å²) in [5.41, 5.74) is 0. The van der Waals surface area contributed by atoms with E-state index in [4.69, 9.17) is 9.47 Å². The van der Waals surface area contributed by atoms with Crippen molar-refractivity contribution in [2.45, 2.75) is 38.2 Å². The van der Waals surface area contributed by atoms with Gasteiger partial charge < -0.3 is 14.4 Å². The summed E-state index contributed by atoms with van der Waals surface area (Å²) in [6, 6.07) is 0. The zero-order valence-corrected chi connectivity index (χ0v) is 13.5. The van der Waals surface area contributed by atoms with Crippen molar-refractivity contribution >= 4 is 5.91 Å². The lowest BCUT2D eigenvalue weighted by atomic mass is 9.92. The van der Waals surface area contributed by atoms with Crippen LogP contribution < -0.4 is 9.47 Å². The first-order valence-corrected chi connectivity index (χ1v) is 8.22. The van der Waals surface area contributed by atoms with Gasteiger partial charge in [0.05, 0.1) is 26.0 Å². The van der Waals surface area contributed by atoms with E-state index in [1.807, 2.05) is 4.90 Å². The molecule has 1 aliphatic heterocycles. The lowest BCUT2D eigenvalue weighted by Gasteiger charge is -2.35. The van der Waals surface area contributed by atoms with E-state index in [0.717, 1.165) is 38.6 Å². The van der Waals surface area contributed by atoms with Gasteiger partial charge in [0.25, 0.3) is 0 Å². The fourth-order valence-electron chi connectivity index (χ4n) is 3.17. The van der Waals surface area contributed by atoms with E-state index in [0.29, 0.717) is 18.3 Å². The van der Waals surface area contributed by atoms with E-state index >= 15 is 0 Å². The quantitative estimate of drug-likeness (QED) is 0.797. The van der Waals surface area contributed by atoms with Crippen LogP contribution in [0.3, 0.4) is 0 Å². The van der Waals surface area contributed by atoms with Crippen LogP contribution in [0.2, 0.25) is 0 Å². The first-order chi connectivity index (χ1) is 11.3. The van der Waals surface area contributed by atoms with Gasteiger partial charge in [0.1, 0.15) is 6.10 Å². The summed E-state index contributed by atoms with van der Waals surface area (Å²) in [4.78, 5) is 22.9. The molecule has 1 aromatic heterocycles. The first kappa shape index (κ1) is 15.8. The van der Waals surface area contributed by atoms with E-state index in [9.17, 15) is 4.79 Å². The number of carbonyl (C=O) groups excluding carboxylic acids is 1. The Morgan fingerprint density at radius 1 is 1.26 bits per heavy atom. The first-order valence-electron chi connectivity index (χ1n) is 8.22. The summed E-state index contributed by atoms with van der Waals surface area (Å²) < 4.78 is 11.0. The van der Waals surface area contributed by atoms with Crippen LogP contribution in [0.25, 0.3) is 0 Å². The van der Waals surface area contributed by atoms with Crippen LogP contribution in [0.15, 0.2) is 24.5 Å². The molecule has 1 aromatic rings. The van der Waals surface area contributed by atoms with E-state index in [-0.39, 0.29) is 17.9 Å². The summed E-state index contributed by atoms with van der Waals surface area (Å²) in [5.74, 6) is 1.28. The highest BCUT2D eigenvalue weighted by Gasteiger charge is 2.29. The Labute approximate surface area is 136 Å². The molecule has 2 atom stereocenters. The van der Waals surface area contributed by atoms with Crippen LogP contribution in [0, 0.1) is 5.92 Å². The van der Waals surface area contributed by atoms with Crippen molar-refractivity contribution in [2.75, 3.05) is 20.2 Å². The summed E-state index contributed by atoms with van der Waals surface area (Å²) in [6.07, 6.45) is 12.1. The molecule has 3 rings (SSSR count). The molecule has 1 saturated heterocycles. The van der Waals surface area contributed by atoms with E-state index < -0.39 is 0 Å². The van der Waals surface area contributed by atoms with Gasteiger partial charge >= 0.3 is 0 Å². The second-order valence-corrected chi connectivity index (χ2v) is 6.05. The predicted octanol–water partition coefficient (Wildman–Crippen LogP) is 2.21. The lowest BCUT2D eigenvalue weighted by molar-refractivity contribution is -0.138. The minimum Gasteiger partial charge on any atom is -0.480 e. The molecule has 0 saturated carbocycles. The Kier molecular flexibility index (Phi) is 5.10. The topological polar surface area (TPSA) is 64.6 Å². The van der Waals surface area contributed by atoms with Crippen molar-refractivity contribution in [2.24, 2.45) is 5.92 Å². The largest absolute Gasteiger partial charge is 0.480 e. The summed E-state index contributed by atoms with van der Waals surface area (Å²) >= 11 is 0. The smallest absolute Gasteiger partial charge is 0.235 e. The Balaban J connectivity index is 1.59. The molecule has 124 valence electrons. The van der Waals surface area contributed by atoms with Crippen LogP contribution in [-0.4, -0.2) is 47.1 Å². The van der Waals surface area contributed by atoms with Crippen molar-refractivity contribution in [1.82, 2.24) is 14.9 Å². The van der Waals surface area contributed by atoms with Crippen LogP contribution in [0.1, 0.15) is 32.1 Å². The Hall–Kier alpha value is -2.11. The second-order valence-electron chi connectivity index (χ2n) is 6.05. The highest BCUT2D eigenvalue weighted by Crippen LogP contribution is 2.24. The van der Waals surface area contributed by atoms with Gasteiger partial charge in [-0.25, -0.2) is 0 Å². The number of allylic oxidation sites excluding steroid dienone is 2. The van der Waals surface area contributed by atoms with Crippen LogP contribution in [0.5, 0.6) is 11.8 Å². The SMILES string of the molecule is COc1cncc(O[C@H]2CCCN(C(=O)[C@H]3CC=CCC3)C2)n1. The number of nitrogens with zero attached hydrogens (tertiary/aromatic N) is 3. The van der Waals surface area contributed by atoms with Crippen LogP contribution in [-0.2, 0) is 4.79 Å². The molecule has 0 bridgehead atoms. The number of aromatic nitrogens is 2. The van der Waals surface area contributed by atoms with Gasteiger partial charge in [-0.2, -0.15) is 4.98 Å². The third kappa shape index (κ3) is 4.00. The van der Waals surface area contributed by atoms with Gasteiger partial charge in [-0.3, -0.25) is 9.78 Å². The van der Waals surface area contributed by atoms with Gasteiger partial charge in [-0.05, 0) is 32.1 Å². The number of carbonyl (C=O) groups is 1. The fraction of sp³-hybridized carbons (Fsp3) is 0.588. The summed E-state index contributed by atoms with van der Waals surface area (Å²) in [7, 11) is 1.55. The van der Waals surface area contributed by atoms with E-state index in [1.54, 1.807) is 19.5 Å². The average molecular weight is 317 g/mol. The maximum atomic E-state index is 12.6. The van der Waals surface area contributed by atoms with E-state index in [1.165, 1.54) is 0 Å². The van der Waals surface area contributed by atoms with Crippen LogP contribution in [0.4, 0.5) is 0 Å². The molecule has 6 heteroatoms. The van der Waals surface area contributed by atoms with Gasteiger partial charge in [-0.15, -0.1) is 0 Å². The molecule has 0 N–H and O–H groups in total. The standard InChI is InChI=1S/C17H23N3O3/c1-22-15-10-18-11-16(19-15)23-14-8-5-9-20(12-14)17(21)13-6-3-2-4-7-13/h2-3,10-11,13-14H,4-9,12H2,1H3/t13-,14-/m0/s1. The predicted molar refractivity (Wildman–Crippen MR) is 85.3 cm³/mol. The minimum absolute atomic E-state index is 0.0340. The van der Waals surface area contributed by atoms with Gasteiger partial charge in [-0.1, -0.05) is 12.2 Å². The molecule has 1 fully saturated rings. The summed E-state index contributed by atoms with van der Waals surface area (Å²) in [5, 5.41) is 0. The number of piperidine rings is 1. The molecule has 0 unspecified atom stereocenters. The van der Waals surface area contributed by atoms with E-state index in [2.05, 4.69) is 22.1 Å². The molecule has 2 aliphatic rings. The molecule has 2 heterocycles. The number of ether oxygens (including phenoxy) is 2. The summed E-state index contributed by atoms with van der Waals surface area (Å²) in [6.45, 7) is 1.45. The monoisotopic (exact) mass is 317 g/mol. The molecule has 23 heavy (non-hydrogen) atoms. The number of rotatable bonds is 4. The number of hydrogen-bond acceptors (Lipinski definition) is 5. The van der Waals surface area contributed by atoms with Gasteiger partial charge in [0.15, 0.2) is 0 Å². The second kappa shape index (κ2) is 7.44. The molecule has 6 nitrogen and oxygen atoms in total. The minimum atomic E-state index is -0.0340. The molecular weight excluding hydrogens is 294 g/mol. The molecule has 0 radical (unpaired) electrons. The zero-order valence-electron chi connectivity index (χ0n) is 13.5. The van der Waals surface area contributed by atoms with Crippen molar-refractivity contribution in [1.29, 1.82) is 0 Å². The zero-order chi connectivity index (χ0) is 16.1. The van der Waals surface area contributed by atoms with Crippen molar-refractivity contribution in [3.63, 3.8) is 0 Å². The molecule has 1 aliphatic carbocycles. The average Bonchev–Trinajstić information content (AvgIpc) is 2.62. The third-order valence-corrected chi connectivity index (χ3v) is 4.40. The Morgan fingerprint density at radius 2 is 2.13 bits per heavy atom. The number of likely N-dealkylation sites (tertiary alicyclic amines) is 1. The molecular formula is C17H23N3O3. The highest BCUT2D eigenvalue weighted by molar-refractivity contribution is 5.79. The lowest BCUT2D eigenvalue weighted by Crippen LogP contribution is -2.46. The molecule has 0 spiro atoms. The Morgan fingerprint density at radius 3 is 2.91 bits per heavy atom. The molecule has 1 amide bonds. The third-order valence-electron chi connectivity index (χ3n) is 4.40. The number of amides is 1. The van der Waals surface area contributed by atoms with Crippen molar-refractivity contribution < 1.29 is 14.3 Å². The van der Waals surface area contributed by atoms with Crippen molar-refractivity contribution in [3.8, 4) is 11.8 Å². The van der Waals surface area contributed by atoms with Crippen molar-refractivity contribution in [3.05, 3.63) is 24.5 Å². The Bertz CT molecular complexity index is 576. The maximum absolute atomic E-state index is 12.6.